The molecule has 1 heterocycles. The maximum atomic E-state index is 13.1. The number of aromatic nitrogens is 2. The molecular weight excluding hydrogens is 393 g/mol. The Morgan fingerprint density at radius 3 is 2.69 bits per heavy atom. The van der Waals surface area contributed by atoms with Crippen molar-refractivity contribution in [2.75, 3.05) is 27.2 Å². The summed E-state index contributed by atoms with van der Waals surface area (Å²) in [5.74, 6) is -0.541. The molecule has 2 rings (SSSR count). The van der Waals surface area contributed by atoms with E-state index in [4.69, 9.17) is 11.6 Å². The Balaban J connectivity index is 1.93. The number of benzene rings is 1. The van der Waals surface area contributed by atoms with E-state index in [9.17, 15) is 9.18 Å². The monoisotopic (exact) mass is 421 g/mol. The molecule has 6 nitrogen and oxygen atoms in total. The van der Waals surface area contributed by atoms with Crippen LogP contribution in [0.5, 0.6) is 0 Å². The number of hydrogen-bond acceptors (Lipinski definition) is 4. The summed E-state index contributed by atoms with van der Waals surface area (Å²) >= 11 is 6.01. The van der Waals surface area contributed by atoms with E-state index in [1.54, 1.807) is 6.07 Å². The molecule has 158 valence electrons. The van der Waals surface area contributed by atoms with Crippen molar-refractivity contribution in [2.45, 2.75) is 33.4 Å². The molecule has 0 unspecified atom stereocenters. The number of nitrogens with one attached hydrogen (secondary N) is 2. The van der Waals surface area contributed by atoms with Gasteiger partial charge in [-0.25, -0.2) is 4.39 Å². The zero-order valence-corrected chi connectivity index (χ0v) is 18.2. The number of likely N-dealkylation sites (N-methyl/N-ethyl adjacent to an activating group) is 1. The largest absolute Gasteiger partial charge is 0.386 e. The van der Waals surface area contributed by atoms with Gasteiger partial charge >= 0.3 is 0 Å². The predicted molar refractivity (Wildman–Crippen MR) is 114 cm³/mol. The second-order valence-corrected chi connectivity index (χ2v) is 7.74. The van der Waals surface area contributed by atoms with Gasteiger partial charge in [-0.05, 0) is 45.6 Å². The van der Waals surface area contributed by atoms with Crippen LogP contribution < -0.4 is 10.6 Å². The highest BCUT2D eigenvalue weighted by Crippen LogP contribution is 2.18. The molecule has 1 amide bonds. The first-order valence-electron chi connectivity index (χ1n) is 9.47. The van der Waals surface area contributed by atoms with Gasteiger partial charge in [0.05, 0.1) is 18.7 Å². The minimum absolute atomic E-state index is 0.140. The van der Waals surface area contributed by atoms with Gasteiger partial charge in [0.15, 0.2) is 0 Å². The third-order valence-corrected chi connectivity index (χ3v) is 4.99. The molecule has 0 atom stereocenters. The average Bonchev–Trinajstić information content (AvgIpc) is 2.88. The van der Waals surface area contributed by atoms with E-state index in [2.05, 4.69) is 27.2 Å². The summed E-state index contributed by atoms with van der Waals surface area (Å²) in [6.45, 7) is 10.4. The first kappa shape index (κ1) is 22.9. The average molecular weight is 422 g/mol. The first-order chi connectivity index (χ1) is 13.7. The molecule has 0 aliphatic carbocycles. The van der Waals surface area contributed by atoms with Crippen molar-refractivity contribution in [1.29, 1.82) is 0 Å². The maximum Gasteiger partial charge on any atom is 0.224 e. The van der Waals surface area contributed by atoms with Gasteiger partial charge in [0, 0.05) is 41.6 Å². The molecule has 1 aromatic heterocycles. The maximum absolute atomic E-state index is 13.1. The fraction of sp³-hybridized carbons (Fsp3) is 0.429. The normalized spacial score (nSPS) is 11.0. The van der Waals surface area contributed by atoms with Crippen LogP contribution in [0, 0.1) is 19.7 Å². The van der Waals surface area contributed by atoms with Crippen molar-refractivity contribution in [3.63, 3.8) is 0 Å². The second kappa shape index (κ2) is 10.4. The minimum Gasteiger partial charge on any atom is -0.386 e. The summed E-state index contributed by atoms with van der Waals surface area (Å²) in [5.41, 5.74) is 4.20. The van der Waals surface area contributed by atoms with Gasteiger partial charge in [-0.3, -0.25) is 9.48 Å². The molecule has 0 radical (unpaired) electrons. The van der Waals surface area contributed by atoms with E-state index in [-0.39, 0.29) is 18.9 Å². The SMILES string of the molecule is C=C(Cn1nc(C)c(CC(=O)NCc2ccc(F)cc2Cl)c1C)NCCN(C)C. The number of rotatable bonds is 10. The summed E-state index contributed by atoms with van der Waals surface area (Å²) in [6, 6.07) is 4.13. The molecule has 0 spiro atoms. The van der Waals surface area contributed by atoms with Gasteiger partial charge in [0.25, 0.3) is 0 Å². The molecule has 29 heavy (non-hydrogen) atoms. The highest BCUT2D eigenvalue weighted by molar-refractivity contribution is 6.31. The quantitative estimate of drug-likeness (QED) is 0.619. The van der Waals surface area contributed by atoms with Gasteiger partial charge in [-0.1, -0.05) is 24.2 Å². The zero-order chi connectivity index (χ0) is 21.6. The van der Waals surface area contributed by atoms with Gasteiger partial charge in [0.1, 0.15) is 5.82 Å². The Morgan fingerprint density at radius 1 is 1.31 bits per heavy atom. The molecule has 1 aromatic carbocycles. The van der Waals surface area contributed by atoms with E-state index in [0.29, 0.717) is 17.1 Å². The van der Waals surface area contributed by atoms with E-state index in [1.165, 1.54) is 12.1 Å². The summed E-state index contributed by atoms with van der Waals surface area (Å²) in [6.07, 6.45) is 0.219. The van der Waals surface area contributed by atoms with Crippen LogP contribution in [0.3, 0.4) is 0 Å². The molecule has 0 saturated heterocycles. The lowest BCUT2D eigenvalue weighted by atomic mass is 10.1. The van der Waals surface area contributed by atoms with Gasteiger partial charge in [-0.15, -0.1) is 0 Å². The number of hydrogen-bond donors (Lipinski definition) is 2. The van der Waals surface area contributed by atoms with Crippen LogP contribution in [0.15, 0.2) is 30.5 Å². The summed E-state index contributed by atoms with van der Waals surface area (Å²) < 4.78 is 15.0. The molecule has 0 aliphatic heterocycles. The molecule has 0 aliphatic rings. The number of halogens is 2. The van der Waals surface area contributed by atoms with Gasteiger partial charge in [0.2, 0.25) is 5.91 Å². The lowest BCUT2D eigenvalue weighted by Gasteiger charge is -2.14. The summed E-state index contributed by atoms with van der Waals surface area (Å²) in [5, 5.41) is 11.0. The van der Waals surface area contributed by atoms with Crippen molar-refractivity contribution in [1.82, 2.24) is 25.3 Å². The standard InChI is InChI=1S/C21H29ClFN5O/c1-14(24-8-9-27(4)5)13-28-16(3)19(15(2)26-28)11-21(29)25-12-17-6-7-18(23)10-20(17)22/h6-7,10,24H,1,8-9,11-13H2,2-5H3,(H,25,29). The summed E-state index contributed by atoms with van der Waals surface area (Å²) in [4.78, 5) is 14.5. The topological polar surface area (TPSA) is 62.2 Å². The van der Waals surface area contributed by atoms with Crippen LogP contribution in [-0.2, 0) is 24.3 Å². The highest BCUT2D eigenvalue weighted by Gasteiger charge is 2.15. The van der Waals surface area contributed by atoms with Crippen LogP contribution >= 0.6 is 11.6 Å². The third kappa shape index (κ3) is 6.87. The van der Waals surface area contributed by atoms with E-state index in [1.807, 2.05) is 32.6 Å². The fourth-order valence-corrected chi connectivity index (χ4v) is 3.15. The van der Waals surface area contributed by atoms with E-state index in [0.717, 1.165) is 35.7 Å². The van der Waals surface area contributed by atoms with Crippen LogP contribution in [0.4, 0.5) is 4.39 Å². The Hall–Kier alpha value is -2.38. The van der Waals surface area contributed by atoms with Crippen molar-refractivity contribution >= 4 is 17.5 Å². The molecule has 0 fully saturated rings. The molecule has 2 N–H and O–H groups in total. The Bertz CT molecular complexity index is 878. The number of carbonyl (C=O) groups excluding carboxylic acids is 1. The smallest absolute Gasteiger partial charge is 0.224 e. The van der Waals surface area contributed by atoms with E-state index >= 15 is 0 Å². The second-order valence-electron chi connectivity index (χ2n) is 7.33. The van der Waals surface area contributed by atoms with Crippen molar-refractivity contribution in [2.24, 2.45) is 0 Å². The summed E-state index contributed by atoms with van der Waals surface area (Å²) in [7, 11) is 4.04. The minimum atomic E-state index is -0.401. The number of carbonyl (C=O) groups is 1. The molecule has 8 heteroatoms. The molecule has 2 aromatic rings. The van der Waals surface area contributed by atoms with Crippen LogP contribution in [0.2, 0.25) is 5.02 Å². The Labute approximate surface area is 176 Å². The van der Waals surface area contributed by atoms with Gasteiger partial charge in [-0.2, -0.15) is 5.10 Å². The van der Waals surface area contributed by atoms with Gasteiger partial charge < -0.3 is 15.5 Å². The number of nitrogens with zero attached hydrogens (tertiary/aromatic N) is 3. The zero-order valence-electron chi connectivity index (χ0n) is 17.5. The van der Waals surface area contributed by atoms with Crippen molar-refractivity contribution in [3.8, 4) is 0 Å². The predicted octanol–water partition coefficient (Wildman–Crippen LogP) is 2.82. The molecular formula is C21H29ClFN5O. The van der Waals surface area contributed by atoms with Crippen molar-refractivity contribution < 1.29 is 9.18 Å². The lowest BCUT2D eigenvalue weighted by Crippen LogP contribution is -2.27. The number of aryl methyl sites for hydroxylation is 1. The number of amides is 1. The molecule has 0 saturated carbocycles. The first-order valence-corrected chi connectivity index (χ1v) is 9.85. The molecule has 0 bridgehead atoms. The number of allylic oxidation sites excluding steroid dienone is 1. The highest BCUT2D eigenvalue weighted by atomic mass is 35.5. The van der Waals surface area contributed by atoms with Crippen LogP contribution in [-0.4, -0.2) is 47.8 Å². The Morgan fingerprint density at radius 2 is 2.03 bits per heavy atom. The third-order valence-electron chi connectivity index (χ3n) is 4.63. The van der Waals surface area contributed by atoms with Crippen molar-refractivity contribution in [3.05, 3.63) is 63.8 Å². The lowest BCUT2D eigenvalue weighted by molar-refractivity contribution is -0.120. The van der Waals surface area contributed by atoms with Crippen LogP contribution in [0.25, 0.3) is 0 Å². The van der Waals surface area contributed by atoms with Crippen LogP contribution in [0.1, 0.15) is 22.5 Å². The Kier molecular flexibility index (Phi) is 8.22. The van der Waals surface area contributed by atoms with E-state index < -0.39 is 5.82 Å². The fourth-order valence-electron chi connectivity index (χ4n) is 2.92.